The SMILES string of the molecule is CCOCCn1cnc2ccc([N+](=O)[O-])cc2c1=O. The molecule has 100 valence electrons. The molecule has 0 fully saturated rings. The number of benzene rings is 1. The van der Waals surface area contributed by atoms with Crippen molar-refractivity contribution < 1.29 is 9.66 Å². The van der Waals surface area contributed by atoms with Gasteiger partial charge in [0.15, 0.2) is 0 Å². The molecule has 2 aromatic rings. The smallest absolute Gasteiger partial charge is 0.270 e. The maximum atomic E-state index is 12.1. The lowest BCUT2D eigenvalue weighted by Gasteiger charge is -2.06. The molecule has 0 N–H and O–H groups in total. The fourth-order valence-corrected chi connectivity index (χ4v) is 1.73. The molecule has 0 saturated carbocycles. The number of hydrogen-bond donors (Lipinski definition) is 0. The molecule has 1 heterocycles. The number of nitro benzene ring substituents is 1. The van der Waals surface area contributed by atoms with E-state index in [0.29, 0.717) is 25.3 Å². The highest BCUT2D eigenvalue weighted by Crippen LogP contribution is 2.16. The third-order valence-electron chi connectivity index (χ3n) is 2.70. The molecule has 1 aromatic heterocycles. The van der Waals surface area contributed by atoms with Crippen LogP contribution in [0.5, 0.6) is 0 Å². The van der Waals surface area contributed by atoms with Crippen LogP contribution in [0.2, 0.25) is 0 Å². The van der Waals surface area contributed by atoms with Gasteiger partial charge in [-0.25, -0.2) is 4.98 Å². The number of ether oxygens (including phenoxy) is 1. The van der Waals surface area contributed by atoms with Crippen LogP contribution in [-0.2, 0) is 11.3 Å². The lowest BCUT2D eigenvalue weighted by Crippen LogP contribution is -2.22. The summed E-state index contributed by atoms with van der Waals surface area (Å²) in [6, 6.07) is 4.06. The van der Waals surface area contributed by atoms with Crippen LogP contribution < -0.4 is 5.56 Å². The van der Waals surface area contributed by atoms with Crippen molar-refractivity contribution in [1.29, 1.82) is 0 Å². The highest BCUT2D eigenvalue weighted by atomic mass is 16.6. The van der Waals surface area contributed by atoms with Gasteiger partial charge in [0, 0.05) is 18.7 Å². The molecule has 0 amide bonds. The van der Waals surface area contributed by atoms with Gasteiger partial charge in [-0.2, -0.15) is 0 Å². The summed E-state index contributed by atoms with van der Waals surface area (Å²) in [6.45, 7) is 3.21. The summed E-state index contributed by atoms with van der Waals surface area (Å²) < 4.78 is 6.56. The molecule has 0 aliphatic rings. The molecule has 2 rings (SSSR count). The summed E-state index contributed by atoms with van der Waals surface area (Å²) in [5.74, 6) is 0. The van der Waals surface area contributed by atoms with Gasteiger partial charge in [0.1, 0.15) is 0 Å². The first-order valence-corrected chi connectivity index (χ1v) is 5.85. The highest BCUT2D eigenvalue weighted by molar-refractivity contribution is 5.79. The molecule has 0 unspecified atom stereocenters. The Labute approximate surface area is 108 Å². The van der Waals surface area contributed by atoms with E-state index in [1.54, 1.807) is 0 Å². The second-order valence-electron chi connectivity index (χ2n) is 3.90. The van der Waals surface area contributed by atoms with E-state index in [1.165, 1.54) is 29.1 Å². The Hall–Kier alpha value is -2.28. The van der Waals surface area contributed by atoms with Crippen LogP contribution in [0.25, 0.3) is 10.9 Å². The molecule has 0 aliphatic heterocycles. The van der Waals surface area contributed by atoms with Gasteiger partial charge < -0.3 is 4.74 Å². The number of aromatic nitrogens is 2. The lowest BCUT2D eigenvalue weighted by atomic mass is 10.2. The zero-order chi connectivity index (χ0) is 13.8. The Morgan fingerprint density at radius 3 is 2.95 bits per heavy atom. The van der Waals surface area contributed by atoms with Gasteiger partial charge in [0.25, 0.3) is 11.2 Å². The average Bonchev–Trinajstić information content (AvgIpc) is 2.41. The van der Waals surface area contributed by atoms with Gasteiger partial charge in [0.2, 0.25) is 0 Å². The Balaban J connectivity index is 2.44. The molecule has 0 saturated heterocycles. The molecule has 0 spiro atoms. The Bertz CT molecular complexity index is 666. The van der Waals surface area contributed by atoms with Crippen LogP contribution in [0.15, 0.2) is 29.3 Å². The van der Waals surface area contributed by atoms with Gasteiger partial charge >= 0.3 is 0 Å². The summed E-state index contributed by atoms with van der Waals surface area (Å²) in [7, 11) is 0. The quantitative estimate of drug-likeness (QED) is 0.461. The van der Waals surface area contributed by atoms with Crippen molar-refractivity contribution in [3.63, 3.8) is 0 Å². The minimum atomic E-state index is -0.531. The maximum absolute atomic E-state index is 12.1. The summed E-state index contributed by atoms with van der Waals surface area (Å²) in [4.78, 5) is 26.4. The predicted octanol–water partition coefficient (Wildman–Crippen LogP) is 1.34. The van der Waals surface area contributed by atoms with Crippen molar-refractivity contribution in [3.8, 4) is 0 Å². The third-order valence-corrected chi connectivity index (χ3v) is 2.70. The Morgan fingerprint density at radius 2 is 2.26 bits per heavy atom. The summed E-state index contributed by atoms with van der Waals surface area (Å²) in [6.07, 6.45) is 1.43. The molecular formula is C12H13N3O4. The van der Waals surface area contributed by atoms with Crippen LogP contribution >= 0.6 is 0 Å². The first kappa shape index (κ1) is 13.2. The summed E-state index contributed by atoms with van der Waals surface area (Å²) in [5, 5.41) is 11.0. The van der Waals surface area contributed by atoms with E-state index in [2.05, 4.69) is 4.98 Å². The maximum Gasteiger partial charge on any atom is 0.270 e. The van der Waals surface area contributed by atoms with Gasteiger partial charge in [-0.3, -0.25) is 19.5 Å². The van der Waals surface area contributed by atoms with E-state index in [4.69, 9.17) is 4.74 Å². The second kappa shape index (κ2) is 5.57. The van der Waals surface area contributed by atoms with Gasteiger partial charge in [-0.1, -0.05) is 0 Å². The zero-order valence-electron chi connectivity index (χ0n) is 10.4. The van der Waals surface area contributed by atoms with Crippen LogP contribution in [0.1, 0.15) is 6.92 Å². The monoisotopic (exact) mass is 263 g/mol. The number of nitrogens with zero attached hydrogens (tertiary/aromatic N) is 3. The normalized spacial score (nSPS) is 10.8. The van der Waals surface area contributed by atoms with Gasteiger partial charge in [0.05, 0.1) is 35.3 Å². The standard InChI is InChI=1S/C12H13N3O4/c1-2-19-6-5-14-8-13-11-4-3-9(15(17)18)7-10(11)12(14)16/h3-4,7-8H,2,5-6H2,1H3. The number of nitro groups is 1. The Kier molecular flexibility index (Phi) is 3.86. The molecule has 0 aliphatic carbocycles. The molecule has 7 nitrogen and oxygen atoms in total. The lowest BCUT2D eigenvalue weighted by molar-refractivity contribution is -0.384. The molecule has 1 aromatic carbocycles. The van der Waals surface area contributed by atoms with Crippen LogP contribution in [-0.4, -0.2) is 27.7 Å². The van der Waals surface area contributed by atoms with E-state index in [1.807, 2.05) is 6.92 Å². The van der Waals surface area contributed by atoms with Gasteiger partial charge in [-0.15, -0.1) is 0 Å². The zero-order valence-corrected chi connectivity index (χ0v) is 10.4. The molecular weight excluding hydrogens is 250 g/mol. The second-order valence-corrected chi connectivity index (χ2v) is 3.90. The fourth-order valence-electron chi connectivity index (χ4n) is 1.73. The summed E-state index contributed by atoms with van der Waals surface area (Å²) in [5.41, 5.74) is 0.0330. The van der Waals surface area contributed by atoms with Crippen molar-refractivity contribution in [2.24, 2.45) is 0 Å². The van der Waals surface area contributed by atoms with E-state index < -0.39 is 4.92 Å². The number of fused-ring (bicyclic) bond motifs is 1. The van der Waals surface area contributed by atoms with E-state index >= 15 is 0 Å². The van der Waals surface area contributed by atoms with Crippen LogP contribution in [0, 0.1) is 10.1 Å². The minimum absolute atomic E-state index is 0.117. The molecule has 0 bridgehead atoms. The van der Waals surface area contributed by atoms with Crippen molar-refractivity contribution in [2.75, 3.05) is 13.2 Å². The molecule has 19 heavy (non-hydrogen) atoms. The van der Waals surface area contributed by atoms with Crippen LogP contribution in [0.4, 0.5) is 5.69 Å². The molecule has 0 atom stereocenters. The van der Waals surface area contributed by atoms with E-state index in [-0.39, 0.29) is 16.6 Å². The summed E-state index contributed by atoms with van der Waals surface area (Å²) >= 11 is 0. The van der Waals surface area contributed by atoms with Crippen molar-refractivity contribution >= 4 is 16.6 Å². The molecule has 0 radical (unpaired) electrons. The van der Waals surface area contributed by atoms with Crippen molar-refractivity contribution in [1.82, 2.24) is 9.55 Å². The number of rotatable bonds is 5. The largest absolute Gasteiger partial charge is 0.380 e. The fraction of sp³-hybridized carbons (Fsp3) is 0.333. The van der Waals surface area contributed by atoms with Crippen molar-refractivity contribution in [2.45, 2.75) is 13.5 Å². The average molecular weight is 263 g/mol. The number of hydrogen-bond acceptors (Lipinski definition) is 5. The highest BCUT2D eigenvalue weighted by Gasteiger charge is 2.10. The third kappa shape index (κ3) is 2.76. The predicted molar refractivity (Wildman–Crippen MR) is 69.2 cm³/mol. The van der Waals surface area contributed by atoms with Gasteiger partial charge in [-0.05, 0) is 13.0 Å². The Morgan fingerprint density at radius 1 is 1.47 bits per heavy atom. The topological polar surface area (TPSA) is 87.3 Å². The first-order valence-electron chi connectivity index (χ1n) is 5.85. The number of non-ortho nitro benzene ring substituents is 1. The van der Waals surface area contributed by atoms with Crippen LogP contribution in [0.3, 0.4) is 0 Å². The van der Waals surface area contributed by atoms with E-state index in [0.717, 1.165) is 0 Å². The minimum Gasteiger partial charge on any atom is -0.380 e. The van der Waals surface area contributed by atoms with E-state index in [9.17, 15) is 14.9 Å². The van der Waals surface area contributed by atoms with Crippen molar-refractivity contribution in [3.05, 3.63) is 45.0 Å². The first-order chi connectivity index (χ1) is 9.13. The molecule has 7 heteroatoms.